The van der Waals surface area contributed by atoms with E-state index in [2.05, 4.69) is 5.32 Å². The molecule has 0 spiro atoms. The fourth-order valence-corrected chi connectivity index (χ4v) is 3.34. The van der Waals surface area contributed by atoms with Gasteiger partial charge in [-0.15, -0.1) is 0 Å². The van der Waals surface area contributed by atoms with Crippen molar-refractivity contribution in [3.8, 4) is 23.0 Å². The first-order valence-corrected chi connectivity index (χ1v) is 10.4. The highest BCUT2D eigenvalue weighted by Crippen LogP contribution is 2.38. The number of para-hydroxylation sites is 1. The lowest BCUT2D eigenvalue weighted by molar-refractivity contribution is -0.121. The third kappa shape index (κ3) is 6.41. The zero-order chi connectivity index (χ0) is 22.8. The molecule has 1 amide bonds. The molecule has 0 saturated carbocycles. The summed E-state index contributed by atoms with van der Waals surface area (Å²) < 4.78 is 21.9. The molecule has 3 rings (SSSR count). The number of carbonyl (C=O) groups is 1. The van der Waals surface area contributed by atoms with Crippen LogP contribution in [-0.2, 0) is 24.4 Å². The zero-order valence-electron chi connectivity index (χ0n) is 18.7. The van der Waals surface area contributed by atoms with Crippen LogP contribution in [0.15, 0.2) is 66.7 Å². The van der Waals surface area contributed by atoms with E-state index in [4.69, 9.17) is 18.9 Å². The number of aryl methyl sites for hydroxylation is 1. The van der Waals surface area contributed by atoms with Gasteiger partial charge in [-0.25, -0.2) is 0 Å². The van der Waals surface area contributed by atoms with E-state index in [1.54, 1.807) is 21.3 Å². The van der Waals surface area contributed by atoms with E-state index in [1.807, 2.05) is 66.7 Å². The van der Waals surface area contributed by atoms with E-state index in [0.717, 1.165) is 22.4 Å². The van der Waals surface area contributed by atoms with Crippen molar-refractivity contribution in [2.24, 2.45) is 0 Å². The summed E-state index contributed by atoms with van der Waals surface area (Å²) in [6.45, 7) is 0.945. The molecule has 0 bridgehead atoms. The molecule has 3 aromatic carbocycles. The van der Waals surface area contributed by atoms with Gasteiger partial charge in [-0.05, 0) is 47.4 Å². The Morgan fingerprint density at radius 3 is 2.12 bits per heavy atom. The SMILES string of the molecule is COc1cc(CCC(=O)NCc2cccc(COc3ccccc3)c2)cc(OC)c1OC. The van der Waals surface area contributed by atoms with E-state index in [-0.39, 0.29) is 5.91 Å². The summed E-state index contributed by atoms with van der Waals surface area (Å²) in [6.07, 6.45) is 0.920. The minimum Gasteiger partial charge on any atom is -0.493 e. The van der Waals surface area contributed by atoms with Gasteiger partial charge in [-0.3, -0.25) is 4.79 Å². The number of benzene rings is 3. The highest BCUT2D eigenvalue weighted by atomic mass is 16.5. The fourth-order valence-electron chi connectivity index (χ4n) is 3.34. The van der Waals surface area contributed by atoms with Crippen molar-refractivity contribution in [3.05, 3.63) is 83.4 Å². The van der Waals surface area contributed by atoms with E-state index in [0.29, 0.717) is 43.2 Å². The molecule has 0 heterocycles. The first-order valence-electron chi connectivity index (χ1n) is 10.4. The van der Waals surface area contributed by atoms with Gasteiger partial charge < -0.3 is 24.3 Å². The van der Waals surface area contributed by atoms with Crippen LogP contribution in [0.1, 0.15) is 23.1 Å². The van der Waals surface area contributed by atoms with Crippen molar-refractivity contribution in [2.45, 2.75) is 26.0 Å². The topological polar surface area (TPSA) is 66.0 Å². The summed E-state index contributed by atoms with van der Waals surface area (Å²) in [7, 11) is 4.72. The van der Waals surface area contributed by atoms with Crippen molar-refractivity contribution < 1.29 is 23.7 Å². The number of hydrogen-bond acceptors (Lipinski definition) is 5. The van der Waals surface area contributed by atoms with E-state index < -0.39 is 0 Å². The van der Waals surface area contributed by atoms with Gasteiger partial charge in [0.15, 0.2) is 11.5 Å². The lowest BCUT2D eigenvalue weighted by Crippen LogP contribution is -2.23. The van der Waals surface area contributed by atoms with Gasteiger partial charge in [0.2, 0.25) is 11.7 Å². The molecular weight excluding hydrogens is 406 g/mol. The number of hydrogen-bond donors (Lipinski definition) is 1. The van der Waals surface area contributed by atoms with Crippen molar-refractivity contribution in [2.75, 3.05) is 21.3 Å². The van der Waals surface area contributed by atoms with Crippen molar-refractivity contribution in [1.82, 2.24) is 5.32 Å². The van der Waals surface area contributed by atoms with Crippen LogP contribution in [0.2, 0.25) is 0 Å². The van der Waals surface area contributed by atoms with Crippen LogP contribution in [0.4, 0.5) is 0 Å². The predicted molar refractivity (Wildman–Crippen MR) is 123 cm³/mol. The number of carbonyl (C=O) groups excluding carboxylic acids is 1. The van der Waals surface area contributed by atoms with Crippen LogP contribution in [0.3, 0.4) is 0 Å². The number of ether oxygens (including phenoxy) is 4. The van der Waals surface area contributed by atoms with Gasteiger partial charge in [0.1, 0.15) is 12.4 Å². The largest absolute Gasteiger partial charge is 0.493 e. The number of methoxy groups -OCH3 is 3. The first kappa shape index (κ1) is 23.0. The molecule has 0 unspecified atom stereocenters. The third-order valence-electron chi connectivity index (χ3n) is 5.00. The van der Waals surface area contributed by atoms with Gasteiger partial charge in [0, 0.05) is 13.0 Å². The Balaban J connectivity index is 1.51. The smallest absolute Gasteiger partial charge is 0.220 e. The van der Waals surface area contributed by atoms with Crippen LogP contribution in [0.25, 0.3) is 0 Å². The molecule has 0 fully saturated rings. The van der Waals surface area contributed by atoms with Crippen LogP contribution < -0.4 is 24.3 Å². The number of rotatable bonds is 11. The zero-order valence-corrected chi connectivity index (χ0v) is 18.7. The van der Waals surface area contributed by atoms with E-state index in [1.165, 1.54) is 0 Å². The molecular formula is C26H29NO5. The summed E-state index contributed by atoms with van der Waals surface area (Å²) in [5, 5.41) is 2.98. The molecule has 0 aliphatic carbocycles. The molecule has 168 valence electrons. The molecule has 1 N–H and O–H groups in total. The van der Waals surface area contributed by atoms with Crippen molar-refractivity contribution in [1.29, 1.82) is 0 Å². The van der Waals surface area contributed by atoms with Crippen LogP contribution >= 0.6 is 0 Å². The van der Waals surface area contributed by atoms with Gasteiger partial charge in [-0.2, -0.15) is 0 Å². The lowest BCUT2D eigenvalue weighted by Gasteiger charge is -2.14. The van der Waals surface area contributed by atoms with Crippen LogP contribution in [-0.4, -0.2) is 27.2 Å². The summed E-state index contributed by atoms with van der Waals surface area (Å²) in [6, 6.07) is 21.5. The Labute approximate surface area is 189 Å². The average Bonchev–Trinajstić information content (AvgIpc) is 2.85. The summed E-state index contributed by atoms with van der Waals surface area (Å²) in [4.78, 5) is 12.4. The molecule has 32 heavy (non-hydrogen) atoms. The second-order valence-corrected chi connectivity index (χ2v) is 7.23. The number of amides is 1. The van der Waals surface area contributed by atoms with Crippen molar-refractivity contribution >= 4 is 5.91 Å². The molecule has 0 radical (unpaired) electrons. The second-order valence-electron chi connectivity index (χ2n) is 7.23. The molecule has 0 aromatic heterocycles. The highest BCUT2D eigenvalue weighted by Gasteiger charge is 2.14. The average molecular weight is 436 g/mol. The maximum absolute atomic E-state index is 12.4. The highest BCUT2D eigenvalue weighted by molar-refractivity contribution is 5.76. The molecule has 0 atom stereocenters. The fraction of sp³-hybridized carbons (Fsp3) is 0.269. The molecule has 0 aliphatic rings. The maximum Gasteiger partial charge on any atom is 0.220 e. The predicted octanol–water partition coefficient (Wildman–Crippen LogP) is 4.54. The third-order valence-corrected chi connectivity index (χ3v) is 5.00. The van der Waals surface area contributed by atoms with Gasteiger partial charge in [-0.1, -0.05) is 42.5 Å². The molecule has 0 saturated heterocycles. The Morgan fingerprint density at radius 2 is 1.47 bits per heavy atom. The summed E-state index contributed by atoms with van der Waals surface area (Å²) >= 11 is 0. The van der Waals surface area contributed by atoms with E-state index >= 15 is 0 Å². The first-order chi connectivity index (χ1) is 15.6. The van der Waals surface area contributed by atoms with Gasteiger partial charge in [0.05, 0.1) is 21.3 Å². The normalized spacial score (nSPS) is 10.3. The van der Waals surface area contributed by atoms with Gasteiger partial charge >= 0.3 is 0 Å². The van der Waals surface area contributed by atoms with Crippen LogP contribution in [0, 0.1) is 0 Å². The van der Waals surface area contributed by atoms with Crippen molar-refractivity contribution in [3.63, 3.8) is 0 Å². The molecule has 0 aliphatic heterocycles. The molecule has 6 nitrogen and oxygen atoms in total. The lowest BCUT2D eigenvalue weighted by atomic mass is 10.1. The Hall–Kier alpha value is -3.67. The summed E-state index contributed by atoms with van der Waals surface area (Å²) in [5.74, 6) is 2.51. The summed E-state index contributed by atoms with van der Waals surface area (Å²) in [5.41, 5.74) is 3.02. The molecule has 6 heteroatoms. The quantitative estimate of drug-likeness (QED) is 0.479. The number of nitrogens with one attached hydrogen (secondary N) is 1. The van der Waals surface area contributed by atoms with Crippen LogP contribution in [0.5, 0.6) is 23.0 Å². The standard InChI is InChI=1S/C26H29NO5/c1-29-23-15-19(16-24(30-2)26(23)31-3)12-13-25(28)27-17-20-8-7-9-21(14-20)18-32-22-10-5-4-6-11-22/h4-11,14-16H,12-13,17-18H2,1-3H3,(H,27,28). The Bertz CT molecular complexity index is 995. The van der Waals surface area contributed by atoms with E-state index in [9.17, 15) is 4.79 Å². The Morgan fingerprint density at radius 1 is 0.781 bits per heavy atom. The minimum absolute atomic E-state index is 0.0234. The minimum atomic E-state index is -0.0234. The molecule has 3 aromatic rings. The monoisotopic (exact) mass is 435 g/mol. The maximum atomic E-state index is 12.4. The Kier molecular flexibility index (Phi) is 8.37. The second kappa shape index (κ2) is 11.6. The van der Waals surface area contributed by atoms with Gasteiger partial charge in [0.25, 0.3) is 0 Å².